The van der Waals surface area contributed by atoms with Crippen molar-refractivity contribution in [2.45, 2.75) is 45.8 Å². The summed E-state index contributed by atoms with van der Waals surface area (Å²) >= 11 is 2.51. The number of oxazole rings is 1. The number of nitriles is 1. The van der Waals surface area contributed by atoms with Gasteiger partial charge in [-0.05, 0) is 27.7 Å². The zero-order chi connectivity index (χ0) is 22.8. The van der Waals surface area contributed by atoms with Crippen LogP contribution in [0.3, 0.4) is 0 Å². The predicted molar refractivity (Wildman–Crippen MR) is 113 cm³/mol. The fraction of sp³-hybridized carbons (Fsp3) is 0.368. The number of ether oxygens (including phenoxy) is 1. The molecule has 10 nitrogen and oxygen atoms in total. The summed E-state index contributed by atoms with van der Waals surface area (Å²) in [5.74, 6) is -0.414. The van der Waals surface area contributed by atoms with Crippen molar-refractivity contribution in [2.24, 2.45) is 0 Å². The lowest BCUT2D eigenvalue weighted by Gasteiger charge is -2.21. The van der Waals surface area contributed by atoms with Gasteiger partial charge in [-0.2, -0.15) is 5.26 Å². The van der Waals surface area contributed by atoms with Crippen LogP contribution >= 0.6 is 22.7 Å². The van der Waals surface area contributed by atoms with Crippen molar-refractivity contribution in [3.8, 4) is 28.4 Å². The number of nitrogens with zero attached hydrogens (tertiary/aromatic N) is 4. The standard InChI is InChI=1S/C19H19N5O5S2/c1-9-14(16-21-10(6-20)7-31-16)24-15(28-9)12-8-30-13(22-12)5-11(17(25)26)23-18(27)29-19(2,3)4/h7-8,11H,5H2,1-4H3,(H,23,27)(H,25,26)/t11-/m0/s1. The largest absolute Gasteiger partial charge is 0.480 e. The summed E-state index contributed by atoms with van der Waals surface area (Å²) in [6.45, 7) is 6.80. The summed E-state index contributed by atoms with van der Waals surface area (Å²) in [6.07, 6.45) is -0.839. The lowest BCUT2D eigenvalue weighted by molar-refractivity contribution is -0.139. The smallest absolute Gasteiger partial charge is 0.408 e. The van der Waals surface area contributed by atoms with E-state index in [2.05, 4.69) is 20.3 Å². The SMILES string of the molecule is Cc1oc(-c2csc(C[C@H](NC(=O)OC(C)(C)C)C(=O)O)n2)nc1-c1nc(C#N)cs1. The van der Waals surface area contributed by atoms with Crippen LogP contribution in [0.1, 0.15) is 37.2 Å². The number of aromatic nitrogens is 3. The number of aliphatic carboxylic acids is 1. The van der Waals surface area contributed by atoms with Crippen molar-refractivity contribution in [1.29, 1.82) is 5.26 Å². The maximum atomic E-state index is 11.9. The van der Waals surface area contributed by atoms with E-state index in [1.54, 1.807) is 38.5 Å². The highest BCUT2D eigenvalue weighted by Crippen LogP contribution is 2.31. The number of carboxylic acid groups (broad SMARTS) is 1. The van der Waals surface area contributed by atoms with Gasteiger partial charge in [0.2, 0.25) is 5.89 Å². The second kappa shape index (κ2) is 8.83. The number of hydrogen-bond acceptors (Lipinski definition) is 10. The van der Waals surface area contributed by atoms with Gasteiger partial charge in [0.1, 0.15) is 39.9 Å². The summed E-state index contributed by atoms with van der Waals surface area (Å²) in [4.78, 5) is 36.5. The molecule has 0 aromatic carbocycles. The maximum Gasteiger partial charge on any atom is 0.408 e. The van der Waals surface area contributed by atoms with Crippen LogP contribution < -0.4 is 5.32 Å². The Morgan fingerprint density at radius 1 is 1.29 bits per heavy atom. The Hall–Kier alpha value is -3.30. The zero-order valence-corrected chi connectivity index (χ0v) is 18.8. The van der Waals surface area contributed by atoms with E-state index in [0.29, 0.717) is 32.9 Å². The highest BCUT2D eigenvalue weighted by atomic mass is 32.1. The molecule has 31 heavy (non-hydrogen) atoms. The minimum Gasteiger partial charge on any atom is -0.480 e. The van der Waals surface area contributed by atoms with Crippen molar-refractivity contribution in [3.63, 3.8) is 0 Å². The van der Waals surface area contributed by atoms with E-state index < -0.39 is 23.7 Å². The van der Waals surface area contributed by atoms with Gasteiger partial charge in [-0.25, -0.2) is 24.5 Å². The molecule has 0 unspecified atom stereocenters. The van der Waals surface area contributed by atoms with Gasteiger partial charge in [0.05, 0.1) is 5.01 Å². The van der Waals surface area contributed by atoms with Crippen molar-refractivity contribution in [1.82, 2.24) is 20.3 Å². The lowest BCUT2D eigenvalue weighted by Crippen LogP contribution is -2.44. The van der Waals surface area contributed by atoms with Gasteiger partial charge in [0.25, 0.3) is 0 Å². The quantitative estimate of drug-likeness (QED) is 0.560. The Morgan fingerprint density at radius 2 is 2.03 bits per heavy atom. The molecule has 1 atom stereocenters. The third-order valence-corrected chi connectivity index (χ3v) is 5.48. The second-order valence-corrected chi connectivity index (χ2v) is 9.24. The molecule has 0 aliphatic carbocycles. The molecule has 0 saturated carbocycles. The molecule has 0 radical (unpaired) electrons. The normalized spacial score (nSPS) is 12.2. The first kappa shape index (κ1) is 22.4. The average Bonchev–Trinajstić information content (AvgIpc) is 3.38. The van der Waals surface area contributed by atoms with E-state index in [1.165, 1.54) is 22.7 Å². The van der Waals surface area contributed by atoms with Gasteiger partial charge < -0.3 is 19.6 Å². The fourth-order valence-corrected chi connectivity index (χ4v) is 4.06. The number of carbonyl (C=O) groups excluding carboxylic acids is 1. The second-order valence-electron chi connectivity index (χ2n) is 7.44. The molecule has 0 fully saturated rings. The van der Waals surface area contributed by atoms with Gasteiger partial charge in [-0.3, -0.25) is 0 Å². The number of aryl methyl sites for hydroxylation is 1. The molecule has 0 aliphatic heterocycles. The minimum absolute atomic E-state index is 0.0240. The summed E-state index contributed by atoms with van der Waals surface area (Å²) < 4.78 is 10.8. The number of carboxylic acids is 1. The Kier molecular flexibility index (Phi) is 6.37. The maximum absolute atomic E-state index is 11.9. The third-order valence-electron chi connectivity index (χ3n) is 3.76. The van der Waals surface area contributed by atoms with Crippen LogP contribution in [0, 0.1) is 18.3 Å². The molecule has 3 rings (SSSR count). The van der Waals surface area contributed by atoms with Crippen LogP contribution in [0.2, 0.25) is 0 Å². The van der Waals surface area contributed by atoms with E-state index in [9.17, 15) is 14.7 Å². The number of hydrogen-bond donors (Lipinski definition) is 2. The van der Waals surface area contributed by atoms with E-state index in [-0.39, 0.29) is 12.3 Å². The molecule has 3 aromatic heterocycles. The zero-order valence-electron chi connectivity index (χ0n) is 17.1. The van der Waals surface area contributed by atoms with Crippen LogP contribution in [-0.2, 0) is 16.0 Å². The summed E-state index contributed by atoms with van der Waals surface area (Å²) in [6, 6.07) is 0.776. The van der Waals surface area contributed by atoms with Crippen molar-refractivity contribution in [2.75, 3.05) is 0 Å². The number of thiazole rings is 2. The molecule has 2 N–H and O–H groups in total. The van der Waals surface area contributed by atoms with E-state index >= 15 is 0 Å². The molecule has 162 valence electrons. The van der Waals surface area contributed by atoms with Gasteiger partial charge >= 0.3 is 12.1 Å². The van der Waals surface area contributed by atoms with Crippen LogP contribution in [0.25, 0.3) is 22.3 Å². The molecular weight excluding hydrogens is 442 g/mol. The molecule has 0 bridgehead atoms. The average molecular weight is 462 g/mol. The first-order valence-electron chi connectivity index (χ1n) is 9.06. The Bertz CT molecular complexity index is 1150. The van der Waals surface area contributed by atoms with Crippen LogP contribution in [0.5, 0.6) is 0 Å². The molecule has 0 saturated heterocycles. The Balaban J connectivity index is 1.75. The number of carbonyl (C=O) groups is 2. The number of amides is 1. The van der Waals surface area contributed by atoms with Gasteiger partial charge in [-0.1, -0.05) is 0 Å². The first-order valence-corrected chi connectivity index (χ1v) is 10.8. The molecule has 0 spiro atoms. The molecule has 1 amide bonds. The van der Waals surface area contributed by atoms with Gasteiger partial charge in [-0.15, -0.1) is 22.7 Å². The van der Waals surface area contributed by atoms with Gasteiger partial charge in [0, 0.05) is 17.2 Å². The third kappa shape index (κ3) is 5.65. The van der Waals surface area contributed by atoms with E-state index in [4.69, 9.17) is 14.4 Å². The molecule has 12 heteroatoms. The number of alkyl carbamates (subject to hydrolysis) is 1. The number of rotatable bonds is 6. The summed E-state index contributed by atoms with van der Waals surface area (Å²) in [7, 11) is 0. The van der Waals surface area contributed by atoms with Crippen LogP contribution in [0.15, 0.2) is 15.2 Å². The van der Waals surface area contributed by atoms with E-state index in [0.717, 1.165) is 0 Å². The lowest BCUT2D eigenvalue weighted by atomic mass is 10.2. The monoisotopic (exact) mass is 461 g/mol. The molecule has 3 heterocycles. The topological polar surface area (TPSA) is 151 Å². The molecule has 3 aromatic rings. The highest BCUT2D eigenvalue weighted by Gasteiger charge is 2.26. The van der Waals surface area contributed by atoms with Crippen LogP contribution in [0.4, 0.5) is 4.79 Å². The Morgan fingerprint density at radius 3 is 2.65 bits per heavy atom. The number of nitrogens with one attached hydrogen (secondary N) is 1. The molecule has 0 aliphatic rings. The summed E-state index contributed by atoms with van der Waals surface area (Å²) in [5.41, 5.74) is 0.518. The fourth-order valence-electron chi connectivity index (χ4n) is 2.47. The minimum atomic E-state index is -1.20. The van der Waals surface area contributed by atoms with Crippen molar-refractivity contribution < 1.29 is 23.8 Å². The van der Waals surface area contributed by atoms with Crippen molar-refractivity contribution >= 4 is 34.7 Å². The van der Waals surface area contributed by atoms with Crippen LogP contribution in [-0.4, -0.2) is 43.8 Å². The Labute approximate surface area is 185 Å². The molecular formula is C19H19N5O5S2. The summed E-state index contributed by atoms with van der Waals surface area (Å²) in [5, 5.41) is 25.1. The van der Waals surface area contributed by atoms with Crippen molar-refractivity contribution in [3.05, 3.63) is 27.2 Å². The first-order chi connectivity index (χ1) is 14.6. The van der Waals surface area contributed by atoms with Gasteiger partial charge in [0.15, 0.2) is 5.69 Å². The van der Waals surface area contributed by atoms with E-state index in [1.807, 2.05) is 6.07 Å². The highest BCUT2D eigenvalue weighted by molar-refractivity contribution is 7.13. The predicted octanol–water partition coefficient (Wildman–Crippen LogP) is 3.62.